The first-order chi connectivity index (χ1) is 15.8. The zero-order chi connectivity index (χ0) is 21.2. The summed E-state index contributed by atoms with van der Waals surface area (Å²) in [4.78, 5) is 17.9. The first-order valence-electron chi connectivity index (χ1n) is 10.4. The summed E-state index contributed by atoms with van der Waals surface area (Å²) >= 11 is 0. The largest absolute Gasteiger partial charge is 0.454 e. The molecule has 154 valence electrons. The van der Waals surface area contributed by atoms with E-state index in [1.54, 1.807) is 6.20 Å². The van der Waals surface area contributed by atoms with Crippen molar-refractivity contribution in [3.05, 3.63) is 100 Å². The summed E-state index contributed by atoms with van der Waals surface area (Å²) < 4.78 is 16.9. The molecule has 6 nitrogen and oxygen atoms in total. The molecule has 0 saturated carbocycles. The van der Waals surface area contributed by atoms with Gasteiger partial charge in [0.05, 0.1) is 16.8 Å². The van der Waals surface area contributed by atoms with Crippen molar-refractivity contribution in [2.75, 3.05) is 12.1 Å². The van der Waals surface area contributed by atoms with E-state index in [-0.39, 0.29) is 18.3 Å². The van der Waals surface area contributed by atoms with E-state index in [1.807, 2.05) is 66.7 Å². The van der Waals surface area contributed by atoms with Crippen LogP contribution in [0.4, 0.5) is 11.4 Å². The molecule has 4 heterocycles. The molecular formula is C26H16N2O4. The molecule has 5 aromatic rings. The summed E-state index contributed by atoms with van der Waals surface area (Å²) in [5, 5.41) is 5.37. The Bertz CT molecular complexity index is 1620. The lowest BCUT2D eigenvalue weighted by Crippen LogP contribution is -2.22. The first kappa shape index (κ1) is 17.4. The molecule has 1 unspecified atom stereocenters. The highest BCUT2D eigenvalue weighted by Gasteiger charge is 2.34. The zero-order valence-electron chi connectivity index (χ0n) is 16.8. The highest BCUT2D eigenvalue weighted by molar-refractivity contribution is 6.00. The fraction of sp³-hybridized carbons (Fsp3) is 0.0769. The molecule has 32 heavy (non-hydrogen) atoms. The van der Waals surface area contributed by atoms with Gasteiger partial charge in [-0.25, -0.2) is 4.79 Å². The third-order valence-corrected chi connectivity index (χ3v) is 6.24. The number of aromatic nitrogens is 1. The predicted octanol–water partition coefficient (Wildman–Crippen LogP) is 5.31. The minimum Gasteiger partial charge on any atom is -0.454 e. The monoisotopic (exact) mass is 420 g/mol. The Balaban J connectivity index is 1.60. The van der Waals surface area contributed by atoms with Gasteiger partial charge in [-0.15, -0.1) is 0 Å². The standard InChI is InChI=1S/C26H16N2O4/c29-26-24-22(14-7-10-20-21(12-14)31-13-30-20)23-15-5-3-11-27-17(15)8-9-18(23)28-25(24)16-4-1-2-6-19(16)32-26/h1-12,22,28H,13H2. The summed E-state index contributed by atoms with van der Waals surface area (Å²) in [5.74, 6) is 1.02. The van der Waals surface area contributed by atoms with E-state index in [4.69, 9.17) is 13.9 Å². The average molecular weight is 420 g/mol. The van der Waals surface area contributed by atoms with E-state index < -0.39 is 0 Å². The summed E-state index contributed by atoms with van der Waals surface area (Å²) in [5.41, 5.74) is 5.27. The average Bonchev–Trinajstić information content (AvgIpc) is 3.31. The first-order valence-corrected chi connectivity index (χ1v) is 10.4. The van der Waals surface area contributed by atoms with Gasteiger partial charge < -0.3 is 19.2 Å². The molecule has 0 fully saturated rings. The van der Waals surface area contributed by atoms with E-state index in [0.29, 0.717) is 22.6 Å². The van der Waals surface area contributed by atoms with Crippen molar-refractivity contribution in [1.82, 2.24) is 4.98 Å². The highest BCUT2D eigenvalue weighted by atomic mass is 16.7. The molecule has 7 rings (SSSR count). The number of nitrogens with one attached hydrogen (secondary N) is 1. The molecule has 2 aliphatic rings. The van der Waals surface area contributed by atoms with Gasteiger partial charge in [0, 0.05) is 28.6 Å². The fourth-order valence-corrected chi connectivity index (χ4v) is 4.86. The van der Waals surface area contributed by atoms with Gasteiger partial charge in [0.25, 0.3) is 0 Å². The molecule has 0 radical (unpaired) electrons. The van der Waals surface area contributed by atoms with Crippen LogP contribution >= 0.6 is 0 Å². The van der Waals surface area contributed by atoms with E-state index in [2.05, 4.69) is 10.3 Å². The number of fused-ring (bicyclic) bond motifs is 7. The molecule has 1 atom stereocenters. The summed E-state index contributed by atoms with van der Waals surface area (Å²) in [6, 6.07) is 21.4. The van der Waals surface area contributed by atoms with Gasteiger partial charge in [0.2, 0.25) is 6.79 Å². The van der Waals surface area contributed by atoms with Crippen molar-refractivity contribution in [3.63, 3.8) is 0 Å². The van der Waals surface area contributed by atoms with Crippen LogP contribution in [0.1, 0.15) is 22.6 Å². The molecule has 0 amide bonds. The van der Waals surface area contributed by atoms with Crippen molar-refractivity contribution < 1.29 is 13.9 Å². The minimum atomic E-state index is -0.361. The highest BCUT2D eigenvalue weighted by Crippen LogP contribution is 2.49. The Morgan fingerprint density at radius 1 is 0.875 bits per heavy atom. The second-order valence-electron chi connectivity index (χ2n) is 7.94. The third kappa shape index (κ3) is 2.34. The number of hydrogen-bond acceptors (Lipinski definition) is 6. The molecule has 3 aromatic carbocycles. The van der Waals surface area contributed by atoms with Crippen LogP contribution in [-0.4, -0.2) is 11.8 Å². The van der Waals surface area contributed by atoms with Crippen LogP contribution in [0.3, 0.4) is 0 Å². The van der Waals surface area contributed by atoms with Crippen LogP contribution in [-0.2, 0) is 0 Å². The van der Waals surface area contributed by atoms with Crippen LogP contribution in [0.5, 0.6) is 11.5 Å². The summed E-state index contributed by atoms with van der Waals surface area (Å²) in [7, 11) is 0. The number of para-hydroxylation sites is 1. The number of rotatable bonds is 1. The Labute approximate surface area is 182 Å². The fourth-order valence-electron chi connectivity index (χ4n) is 4.86. The minimum absolute atomic E-state index is 0.192. The lowest BCUT2D eigenvalue weighted by atomic mass is 9.79. The van der Waals surface area contributed by atoms with Gasteiger partial charge in [0.1, 0.15) is 5.58 Å². The Kier molecular flexibility index (Phi) is 3.44. The quantitative estimate of drug-likeness (QED) is 0.364. The third-order valence-electron chi connectivity index (χ3n) is 6.24. The van der Waals surface area contributed by atoms with Crippen LogP contribution in [0, 0.1) is 0 Å². The molecular weight excluding hydrogens is 404 g/mol. The van der Waals surface area contributed by atoms with Crippen LogP contribution in [0.25, 0.3) is 21.9 Å². The lowest BCUT2D eigenvalue weighted by Gasteiger charge is -2.30. The number of pyridine rings is 1. The maximum absolute atomic E-state index is 13.4. The molecule has 6 heteroatoms. The van der Waals surface area contributed by atoms with Crippen molar-refractivity contribution in [3.8, 4) is 11.5 Å². The van der Waals surface area contributed by atoms with E-state index in [0.717, 1.165) is 38.8 Å². The number of benzene rings is 3. The van der Waals surface area contributed by atoms with Crippen molar-refractivity contribution in [2.24, 2.45) is 0 Å². The van der Waals surface area contributed by atoms with Gasteiger partial charge in [-0.05, 0) is 53.6 Å². The van der Waals surface area contributed by atoms with Crippen molar-refractivity contribution in [1.29, 1.82) is 0 Å². The molecule has 0 aliphatic carbocycles. The lowest BCUT2D eigenvalue weighted by molar-refractivity contribution is 0.174. The van der Waals surface area contributed by atoms with E-state index in [1.165, 1.54) is 0 Å². The smallest absolute Gasteiger partial charge is 0.342 e. The predicted molar refractivity (Wildman–Crippen MR) is 121 cm³/mol. The van der Waals surface area contributed by atoms with Crippen LogP contribution in [0.15, 0.2) is 82.1 Å². The second-order valence-corrected chi connectivity index (χ2v) is 7.94. The van der Waals surface area contributed by atoms with Crippen molar-refractivity contribution in [2.45, 2.75) is 5.92 Å². The zero-order valence-corrected chi connectivity index (χ0v) is 16.8. The van der Waals surface area contributed by atoms with Gasteiger partial charge in [0.15, 0.2) is 11.5 Å². The van der Waals surface area contributed by atoms with Gasteiger partial charge in [-0.2, -0.15) is 0 Å². The van der Waals surface area contributed by atoms with Gasteiger partial charge in [-0.3, -0.25) is 4.98 Å². The summed E-state index contributed by atoms with van der Waals surface area (Å²) in [6.45, 7) is 0.192. The van der Waals surface area contributed by atoms with Gasteiger partial charge >= 0.3 is 5.63 Å². The maximum atomic E-state index is 13.4. The second kappa shape index (κ2) is 6.34. The molecule has 1 N–H and O–H groups in total. The van der Waals surface area contributed by atoms with E-state index in [9.17, 15) is 4.79 Å². The topological polar surface area (TPSA) is 73.6 Å². The molecule has 0 spiro atoms. The molecule has 2 aromatic heterocycles. The normalized spacial score (nSPS) is 15.9. The molecule has 0 bridgehead atoms. The summed E-state index contributed by atoms with van der Waals surface area (Å²) in [6.07, 6.45) is 1.77. The molecule has 2 aliphatic heterocycles. The number of ether oxygens (including phenoxy) is 2. The SMILES string of the molecule is O=c1oc2ccccc2c2c1C(c1ccc3c(c1)OCO3)c1c(ccc3ncccc13)N2. The van der Waals surface area contributed by atoms with Gasteiger partial charge in [-0.1, -0.05) is 24.3 Å². The Hall–Kier alpha value is -4.32. The maximum Gasteiger partial charge on any atom is 0.342 e. The number of anilines is 2. The van der Waals surface area contributed by atoms with E-state index >= 15 is 0 Å². The van der Waals surface area contributed by atoms with Crippen molar-refractivity contribution >= 4 is 33.2 Å². The number of hydrogen-bond donors (Lipinski definition) is 1. The molecule has 0 saturated heterocycles. The number of nitrogens with zero attached hydrogens (tertiary/aromatic N) is 1. The Morgan fingerprint density at radius 2 is 1.75 bits per heavy atom. The van der Waals surface area contributed by atoms with Crippen LogP contribution < -0.4 is 20.4 Å². The van der Waals surface area contributed by atoms with Crippen LogP contribution in [0.2, 0.25) is 0 Å². The Morgan fingerprint density at radius 3 is 2.72 bits per heavy atom.